The van der Waals surface area contributed by atoms with Gasteiger partial charge in [-0.15, -0.1) is 0 Å². The van der Waals surface area contributed by atoms with E-state index in [-0.39, 0.29) is 24.3 Å². The monoisotopic (exact) mass is 369 g/mol. The highest BCUT2D eigenvalue weighted by atomic mass is 33.1. The predicted molar refractivity (Wildman–Crippen MR) is 84.9 cm³/mol. The molecule has 0 aliphatic heterocycles. The Balaban J connectivity index is 4.25. The summed E-state index contributed by atoms with van der Waals surface area (Å²) in [4.78, 5) is 43.7. The van der Waals surface area contributed by atoms with Crippen LogP contribution in [-0.2, 0) is 19.2 Å². The van der Waals surface area contributed by atoms with Crippen molar-refractivity contribution >= 4 is 45.4 Å². The van der Waals surface area contributed by atoms with E-state index in [1.165, 1.54) is 0 Å². The van der Waals surface area contributed by atoms with Crippen LogP contribution in [0.4, 0.5) is 0 Å². The van der Waals surface area contributed by atoms with Crippen molar-refractivity contribution in [1.82, 2.24) is 5.32 Å². The fourth-order valence-corrected chi connectivity index (χ4v) is 3.44. The predicted octanol–water partition coefficient (Wildman–Crippen LogP) is -1.46. The molecule has 3 atom stereocenters. The lowest BCUT2D eigenvalue weighted by Crippen LogP contribution is -2.49. The summed E-state index contributed by atoms with van der Waals surface area (Å²) in [7, 11) is 2.12. The van der Waals surface area contributed by atoms with E-state index in [0.29, 0.717) is 0 Å². The summed E-state index contributed by atoms with van der Waals surface area (Å²) in [6.45, 7) is 0. The molecule has 0 saturated carbocycles. The fourth-order valence-electron chi connectivity index (χ4n) is 1.17. The Labute approximate surface area is 139 Å². The molecule has 0 aromatic rings. The van der Waals surface area contributed by atoms with Crippen molar-refractivity contribution in [3.63, 3.8) is 0 Å². The summed E-state index contributed by atoms with van der Waals surface area (Å²) in [5.41, 5.74) is 10.8. The molecule has 0 aliphatic carbocycles. The number of carboxylic acids is 3. The SMILES string of the molecule is NC(CSSC[C@H](NC(=O)[C@@H](N)CCC(=O)O)C(=O)O)C(=O)O. The van der Waals surface area contributed by atoms with Crippen LogP contribution >= 0.6 is 21.6 Å². The average Bonchev–Trinajstić information content (AvgIpc) is 2.46. The second kappa shape index (κ2) is 11.1. The van der Waals surface area contributed by atoms with Gasteiger partial charge in [0.15, 0.2) is 0 Å². The van der Waals surface area contributed by atoms with Crippen molar-refractivity contribution in [2.45, 2.75) is 31.0 Å². The van der Waals surface area contributed by atoms with Crippen molar-refractivity contribution in [2.75, 3.05) is 11.5 Å². The molecule has 0 aromatic heterocycles. The van der Waals surface area contributed by atoms with Crippen LogP contribution in [0.1, 0.15) is 12.8 Å². The van der Waals surface area contributed by atoms with E-state index < -0.39 is 41.9 Å². The van der Waals surface area contributed by atoms with Crippen molar-refractivity contribution in [1.29, 1.82) is 0 Å². The summed E-state index contributed by atoms with van der Waals surface area (Å²) >= 11 is 0. The number of hydrogen-bond acceptors (Lipinski definition) is 8. The van der Waals surface area contributed by atoms with Gasteiger partial charge in [0.1, 0.15) is 12.1 Å². The molecule has 0 bridgehead atoms. The van der Waals surface area contributed by atoms with Crippen LogP contribution in [0.25, 0.3) is 0 Å². The standard InChI is InChI=1S/C11H19N3O7S2/c12-5(1-2-8(15)16)9(17)14-7(11(20)21)4-23-22-3-6(13)10(18)19/h5-7H,1-4,12-13H2,(H,14,17)(H,15,16)(H,18,19)(H,20,21)/t5-,6?,7-/m0/s1. The molecule has 0 aromatic carbocycles. The first kappa shape index (κ1) is 21.5. The lowest BCUT2D eigenvalue weighted by molar-refractivity contribution is -0.141. The van der Waals surface area contributed by atoms with Crippen LogP contribution in [0.2, 0.25) is 0 Å². The normalized spacial score (nSPS) is 14.5. The van der Waals surface area contributed by atoms with Crippen molar-refractivity contribution in [3.8, 4) is 0 Å². The van der Waals surface area contributed by atoms with Crippen LogP contribution in [0.15, 0.2) is 0 Å². The number of carbonyl (C=O) groups is 4. The largest absolute Gasteiger partial charge is 0.481 e. The highest BCUT2D eigenvalue weighted by molar-refractivity contribution is 8.76. The molecule has 23 heavy (non-hydrogen) atoms. The fraction of sp³-hybridized carbons (Fsp3) is 0.636. The molecule has 1 amide bonds. The van der Waals surface area contributed by atoms with Gasteiger partial charge in [0.25, 0.3) is 0 Å². The minimum Gasteiger partial charge on any atom is -0.481 e. The second-order valence-electron chi connectivity index (χ2n) is 4.45. The molecular weight excluding hydrogens is 350 g/mol. The van der Waals surface area contributed by atoms with E-state index in [2.05, 4.69) is 5.32 Å². The van der Waals surface area contributed by atoms with E-state index in [0.717, 1.165) is 21.6 Å². The van der Waals surface area contributed by atoms with Gasteiger partial charge in [-0.1, -0.05) is 21.6 Å². The van der Waals surface area contributed by atoms with Gasteiger partial charge in [0.05, 0.1) is 6.04 Å². The first-order valence-corrected chi connectivity index (χ1v) is 8.87. The van der Waals surface area contributed by atoms with Crippen LogP contribution < -0.4 is 16.8 Å². The highest BCUT2D eigenvalue weighted by Crippen LogP contribution is 2.22. The third-order valence-electron chi connectivity index (χ3n) is 2.50. The van der Waals surface area contributed by atoms with Crippen LogP contribution in [0.5, 0.6) is 0 Å². The molecule has 0 saturated heterocycles. The lowest BCUT2D eigenvalue weighted by Gasteiger charge is -2.17. The Morgan fingerprint density at radius 3 is 1.96 bits per heavy atom. The highest BCUT2D eigenvalue weighted by Gasteiger charge is 2.24. The van der Waals surface area contributed by atoms with Gasteiger partial charge in [-0.25, -0.2) is 4.79 Å². The second-order valence-corrected chi connectivity index (χ2v) is 7.00. The van der Waals surface area contributed by atoms with Gasteiger partial charge < -0.3 is 32.1 Å². The molecule has 0 fully saturated rings. The maximum absolute atomic E-state index is 11.7. The molecule has 1 unspecified atom stereocenters. The summed E-state index contributed by atoms with van der Waals surface area (Å²) < 4.78 is 0. The third-order valence-corrected chi connectivity index (χ3v) is 4.95. The van der Waals surface area contributed by atoms with Crippen LogP contribution in [0, 0.1) is 0 Å². The summed E-state index contributed by atoms with van der Waals surface area (Å²) in [6.07, 6.45) is -0.410. The number of aliphatic carboxylic acids is 3. The van der Waals surface area contributed by atoms with Crippen LogP contribution in [0.3, 0.4) is 0 Å². The number of nitrogens with two attached hydrogens (primary N) is 2. The number of rotatable bonds is 12. The zero-order valence-corrected chi connectivity index (χ0v) is 13.6. The first-order valence-electron chi connectivity index (χ1n) is 6.38. The number of hydrogen-bond donors (Lipinski definition) is 6. The average molecular weight is 369 g/mol. The number of nitrogens with one attached hydrogen (secondary N) is 1. The molecule has 0 radical (unpaired) electrons. The molecule has 12 heteroatoms. The van der Waals surface area contributed by atoms with Gasteiger partial charge in [-0.2, -0.15) is 0 Å². The zero-order valence-electron chi connectivity index (χ0n) is 12.0. The minimum absolute atomic E-state index is 0.0241. The third kappa shape index (κ3) is 9.99. The minimum atomic E-state index is -1.28. The van der Waals surface area contributed by atoms with E-state index in [1.807, 2.05) is 0 Å². The van der Waals surface area contributed by atoms with Crippen LogP contribution in [-0.4, -0.2) is 68.8 Å². The van der Waals surface area contributed by atoms with Gasteiger partial charge in [0, 0.05) is 17.9 Å². The molecule has 0 spiro atoms. The Bertz CT molecular complexity index is 449. The maximum atomic E-state index is 11.7. The van der Waals surface area contributed by atoms with E-state index in [9.17, 15) is 19.2 Å². The van der Waals surface area contributed by atoms with Crippen molar-refractivity contribution < 1.29 is 34.5 Å². The Morgan fingerprint density at radius 2 is 1.48 bits per heavy atom. The Kier molecular flexibility index (Phi) is 10.4. The van der Waals surface area contributed by atoms with Gasteiger partial charge in [0.2, 0.25) is 5.91 Å². The van der Waals surface area contributed by atoms with E-state index >= 15 is 0 Å². The zero-order chi connectivity index (χ0) is 18.0. The Hall–Kier alpha value is -1.50. The molecule has 132 valence electrons. The molecule has 8 N–H and O–H groups in total. The quantitative estimate of drug-likeness (QED) is 0.174. The smallest absolute Gasteiger partial charge is 0.327 e. The summed E-state index contributed by atoms with van der Waals surface area (Å²) in [5.74, 6) is -4.25. The number of carbonyl (C=O) groups excluding carboxylic acids is 1. The molecule has 0 heterocycles. The van der Waals surface area contributed by atoms with Gasteiger partial charge >= 0.3 is 17.9 Å². The first-order chi connectivity index (χ1) is 10.6. The van der Waals surface area contributed by atoms with Crippen molar-refractivity contribution in [3.05, 3.63) is 0 Å². The number of carboxylic acid groups (broad SMARTS) is 3. The maximum Gasteiger partial charge on any atom is 0.327 e. The molecule has 10 nitrogen and oxygen atoms in total. The molecular formula is C11H19N3O7S2. The van der Waals surface area contributed by atoms with Gasteiger partial charge in [-0.05, 0) is 6.42 Å². The van der Waals surface area contributed by atoms with E-state index in [4.69, 9.17) is 26.8 Å². The van der Waals surface area contributed by atoms with E-state index in [1.54, 1.807) is 0 Å². The van der Waals surface area contributed by atoms with Gasteiger partial charge in [-0.3, -0.25) is 14.4 Å². The summed E-state index contributed by atoms with van der Waals surface area (Å²) in [5, 5.41) is 28.3. The number of amides is 1. The van der Waals surface area contributed by atoms with Crippen molar-refractivity contribution in [2.24, 2.45) is 11.5 Å². The topological polar surface area (TPSA) is 193 Å². The summed E-state index contributed by atoms with van der Waals surface area (Å²) in [6, 6.07) is -3.40. The Morgan fingerprint density at radius 1 is 0.913 bits per heavy atom. The molecule has 0 aliphatic rings. The lowest BCUT2D eigenvalue weighted by atomic mass is 10.1. The molecule has 0 rings (SSSR count).